The molecule has 0 aliphatic rings. The van der Waals surface area contributed by atoms with Gasteiger partial charge in [-0.05, 0) is 18.2 Å². The number of hydrogen-bond donors (Lipinski definition) is 1. The highest BCUT2D eigenvalue weighted by molar-refractivity contribution is 5.43. The van der Waals surface area contributed by atoms with Crippen LogP contribution in [0.3, 0.4) is 0 Å². The van der Waals surface area contributed by atoms with E-state index >= 15 is 0 Å². The third-order valence-corrected chi connectivity index (χ3v) is 2.94. The Labute approximate surface area is 109 Å². The summed E-state index contributed by atoms with van der Waals surface area (Å²) in [5.74, 6) is 0.756. The number of nitrogens with one attached hydrogen (secondary N) is 1. The molecule has 0 fully saturated rings. The summed E-state index contributed by atoms with van der Waals surface area (Å²) in [5.41, 5.74) is 1.42. The Morgan fingerprint density at radius 1 is 1.26 bits per heavy atom. The van der Waals surface area contributed by atoms with Gasteiger partial charge in [0.25, 0.3) is 0 Å². The molecule has 0 aromatic carbocycles. The molecule has 0 bridgehead atoms. The average Bonchev–Trinajstić information content (AvgIpc) is 2.77. The van der Waals surface area contributed by atoms with Gasteiger partial charge in [-0.1, -0.05) is 12.1 Å². The fourth-order valence-electron chi connectivity index (χ4n) is 2.02. The van der Waals surface area contributed by atoms with E-state index in [0.717, 1.165) is 11.4 Å². The zero-order valence-corrected chi connectivity index (χ0v) is 10.4. The summed E-state index contributed by atoms with van der Waals surface area (Å²) in [7, 11) is 1.80. The molecule has 0 saturated carbocycles. The van der Waals surface area contributed by atoms with E-state index in [1.165, 1.54) is 9.08 Å². The lowest BCUT2D eigenvalue weighted by atomic mass is 10.2. The van der Waals surface area contributed by atoms with Crippen molar-refractivity contribution in [2.45, 2.75) is 6.54 Å². The van der Waals surface area contributed by atoms with Crippen molar-refractivity contribution in [3.05, 3.63) is 58.8 Å². The maximum Gasteiger partial charge on any atom is 0.350 e. The van der Waals surface area contributed by atoms with E-state index in [1.54, 1.807) is 25.5 Å². The first-order chi connectivity index (χ1) is 9.29. The van der Waals surface area contributed by atoms with Crippen LogP contribution < -0.4 is 11.0 Å². The quantitative estimate of drug-likeness (QED) is 0.757. The fraction of sp³-hybridized carbons (Fsp3) is 0.154. The Bertz CT molecular complexity index is 774. The fourth-order valence-corrected chi connectivity index (χ4v) is 2.02. The van der Waals surface area contributed by atoms with E-state index in [9.17, 15) is 4.79 Å². The van der Waals surface area contributed by atoms with Gasteiger partial charge in [0.05, 0.1) is 6.54 Å². The van der Waals surface area contributed by atoms with Crippen LogP contribution in [0, 0.1) is 0 Å². The number of aromatic nitrogens is 4. The molecule has 3 aromatic rings. The zero-order chi connectivity index (χ0) is 13.2. The van der Waals surface area contributed by atoms with Crippen LogP contribution >= 0.6 is 0 Å². The van der Waals surface area contributed by atoms with E-state index in [-0.39, 0.29) is 5.69 Å². The minimum absolute atomic E-state index is 0.151. The first-order valence-electron chi connectivity index (χ1n) is 5.95. The molecule has 0 radical (unpaired) electrons. The molecule has 96 valence electrons. The Morgan fingerprint density at radius 2 is 2.16 bits per heavy atom. The predicted octanol–water partition coefficient (Wildman–Crippen LogP) is 0.981. The van der Waals surface area contributed by atoms with Gasteiger partial charge in [-0.25, -0.2) is 14.5 Å². The van der Waals surface area contributed by atoms with Gasteiger partial charge in [-0.15, -0.1) is 5.10 Å². The SMILES string of the molecule is CNc1ncccc1Cn1nc2ccccn2c1=O. The molecule has 0 amide bonds. The summed E-state index contributed by atoms with van der Waals surface area (Å²) in [6.07, 6.45) is 3.42. The first-order valence-corrected chi connectivity index (χ1v) is 5.95. The Morgan fingerprint density at radius 3 is 2.95 bits per heavy atom. The second kappa shape index (κ2) is 4.56. The predicted molar refractivity (Wildman–Crippen MR) is 72.3 cm³/mol. The molecule has 3 rings (SSSR count). The molecule has 0 unspecified atom stereocenters. The largest absolute Gasteiger partial charge is 0.373 e. The van der Waals surface area contributed by atoms with Gasteiger partial charge in [0.2, 0.25) is 0 Å². The van der Waals surface area contributed by atoms with Crippen molar-refractivity contribution >= 4 is 11.5 Å². The molecule has 0 spiro atoms. The van der Waals surface area contributed by atoms with Crippen LogP contribution in [0.15, 0.2) is 47.5 Å². The van der Waals surface area contributed by atoms with Gasteiger partial charge in [0.15, 0.2) is 5.65 Å². The second-order valence-electron chi connectivity index (χ2n) is 4.13. The van der Waals surface area contributed by atoms with Crippen molar-refractivity contribution < 1.29 is 0 Å². The maximum absolute atomic E-state index is 12.2. The number of nitrogens with zero attached hydrogens (tertiary/aromatic N) is 4. The lowest BCUT2D eigenvalue weighted by molar-refractivity contribution is 0.658. The lowest BCUT2D eigenvalue weighted by Crippen LogP contribution is -2.22. The van der Waals surface area contributed by atoms with E-state index in [1.807, 2.05) is 24.3 Å². The normalized spacial score (nSPS) is 10.8. The number of pyridine rings is 2. The number of anilines is 1. The number of rotatable bonds is 3. The van der Waals surface area contributed by atoms with Crippen LogP contribution in [0.4, 0.5) is 5.82 Å². The third kappa shape index (κ3) is 1.97. The van der Waals surface area contributed by atoms with Crippen LogP contribution in [0.1, 0.15) is 5.56 Å². The van der Waals surface area contributed by atoms with Crippen molar-refractivity contribution in [3.8, 4) is 0 Å². The standard InChI is InChI=1S/C13H13N5O/c1-14-12-10(5-4-7-15-12)9-18-13(19)17-8-3-2-6-11(17)16-18/h2-8H,9H2,1H3,(H,14,15). The maximum atomic E-state index is 12.2. The molecule has 0 saturated heterocycles. The smallest absolute Gasteiger partial charge is 0.350 e. The van der Waals surface area contributed by atoms with Crippen LogP contribution in [0.25, 0.3) is 5.65 Å². The Hall–Kier alpha value is -2.63. The van der Waals surface area contributed by atoms with Crippen molar-refractivity contribution in [1.82, 2.24) is 19.2 Å². The van der Waals surface area contributed by atoms with Crippen molar-refractivity contribution in [2.75, 3.05) is 12.4 Å². The van der Waals surface area contributed by atoms with E-state index in [0.29, 0.717) is 12.2 Å². The van der Waals surface area contributed by atoms with Gasteiger partial charge < -0.3 is 5.32 Å². The van der Waals surface area contributed by atoms with Gasteiger partial charge in [0, 0.05) is 25.0 Å². The third-order valence-electron chi connectivity index (χ3n) is 2.94. The van der Waals surface area contributed by atoms with Gasteiger partial charge in [-0.3, -0.25) is 4.40 Å². The Kier molecular flexibility index (Phi) is 2.75. The highest BCUT2D eigenvalue weighted by Crippen LogP contribution is 2.11. The molecule has 0 atom stereocenters. The van der Waals surface area contributed by atoms with Gasteiger partial charge in [0.1, 0.15) is 5.82 Å². The van der Waals surface area contributed by atoms with Gasteiger partial charge >= 0.3 is 5.69 Å². The minimum atomic E-state index is -0.151. The monoisotopic (exact) mass is 255 g/mol. The highest BCUT2D eigenvalue weighted by atomic mass is 16.2. The minimum Gasteiger partial charge on any atom is -0.373 e. The lowest BCUT2D eigenvalue weighted by Gasteiger charge is -2.06. The number of hydrogen-bond acceptors (Lipinski definition) is 4. The van der Waals surface area contributed by atoms with E-state index < -0.39 is 0 Å². The van der Waals surface area contributed by atoms with Crippen molar-refractivity contribution in [1.29, 1.82) is 0 Å². The Balaban J connectivity index is 2.06. The summed E-state index contributed by atoms with van der Waals surface area (Å²) in [6.45, 7) is 0.393. The highest BCUT2D eigenvalue weighted by Gasteiger charge is 2.08. The molecular formula is C13H13N5O. The number of fused-ring (bicyclic) bond motifs is 1. The first kappa shape index (κ1) is 11.5. The molecule has 0 aliphatic carbocycles. The summed E-state index contributed by atoms with van der Waals surface area (Å²) >= 11 is 0. The molecule has 0 aliphatic heterocycles. The van der Waals surface area contributed by atoms with Crippen molar-refractivity contribution in [3.63, 3.8) is 0 Å². The van der Waals surface area contributed by atoms with Crippen LogP contribution in [0.2, 0.25) is 0 Å². The molecule has 3 heterocycles. The second-order valence-corrected chi connectivity index (χ2v) is 4.13. The summed E-state index contributed by atoms with van der Waals surface area (Å²) < 4.78 is 2.96. The van der Waals surface area contributed by atoms with Gasteiger partial charge in [-0.2, -0.15) is 0 Å². The van der Waals surface area contributed by atoms with E-state index in [2.05, 4.69) is 15.4 Å². The van der Waals surface area contributed by atoms with Crippen LogP contribution in [-0.2, 0) is 6.54 Å². The van der Waals surface area contributed by atoms with Crippen molar-refractivity contribution in [2.24, 2.45) is 0 Å². The summed E-state index contributed by atoms with van der Waals surface area (Å²) in [4.78, 5) is 16.4. The molecule has 3 aromatic heterocycles. The van der Waals surface area contributed by atoms with Crippen LogP contribution in [0.5, 0.6) is 0 Å². The topological polar surface area (TPSA) is 64.2 Å². The molecule has 6 heteroatoms. The molecule has 6 nitrogen and oxygen atoms in total. The summed E-state index contributed by atoms with van der Waals surface area (Å²) in [5, 5.41) is 7.30. The molecule has 19 heavy (non-hydrogen) atoms. The van der Waals surface area contributed by atoms with E-state index in [4.69, 9.17) is 0 Å². The average molecular weight is 255 g/mol. The molecular weight excluding hydrogens is 242 g/mol. The summed E-state index contributed by atoms with van der Waals surface area (Å²) in [6, 6.07) is 9.24. The molecule has 1 N–H and O–H groups in total. The van der Waals surface area contributed by atoms with Crippen LogP contribution in [-0.4, -0.2) is 26.2 Å². The zero-order valence-electron chi connectivity index (χ0n) is 10.4.